The van der Waals surface area contributed by atoms with Gasteiger partial charge in [-0.2, -0.15) is 0 Å². The van der Waals surface area contributed by atoms with Crippen LogP contribution in [0.3, 0.4) is 0 Å². The van der Waals surface area contributed by atoms with Crippen LogP contribution >= 0.6 is 0 Å². The van der Waals surface area contributed by atoms with Crippen LogP contribution in [0.1, 0.15) is 25.0 Å². The van der Waals surface area contributed by atoms with Gasteiger partial charge in [-0.15, -0.1) is 0 Å². The average Bonchev–Trinajstić information content (AvgIpc) is 3.03. The standard InChI is InChI=1S/C20H22N2O2/c1-3-16-8-4-6-10-18(16)22(15(2)23)14-20(24)21-13-12-17-9-5-7-11-19(17)21/h4-11H,3,12-14H2,1-2H3. The number of fused-ring (bicyclic) bond motifs is 1. The predicted octanol–water partition coefficient (Wildman–Crippen LogP) is 3.19. The molecular weight excluding hydrogens is 300 g/mol. The van der Waals surface area contributed by atoms with E-state index in [9.17, 15) is 9.59 Å². The van der Waals surface area contributed by atoms with Gasteiger partial charge in [-0.05, 0) is 36.1 Å². The van der Waals surface area contributed by atoms with Gasteiger partial charge >= 0.3 is 0 Å². The van der Waals surface area contributed by atoms with Crippen molar-refractivity contribution < 1.29 is 9.59 Å². The summed E-state index contributed by atoms with van der Waals surface area (Å²) in [5.41, 5.74) is 4.06. The topological polar surface area (TPSA) is 40.6 Å². The summed E-state index contributed by atoms with van der Waals surface area (Å²) in [5.74, 6) is -0.155. The second-order valence-corrected chi connectivity index (χ2v) is 6.01. The molecule has 0 radical (unpaired) electrons. The molecule has 0 fully saturated rings. The van der Waals surface area contributed by atoms with Crippen LogP contribution in [0.4, 0.5) is 11.4 Å². The summed E-state index contributed by atoms with van der Waals surface area (Å²) < 4.78 is 0. The summed E-state index contributed by atoms with van der Waals surface area (Å²) in [6, 6.07) is 15.7. The van der Waals surface area contributed by atoms with Crippen molar-refractivity contribution in [3.05, 3.63) is 59.7 Å². The van der Waals surface area contributed by atoms with E-state index < -0.39 is 0 Å². The van der Waals surface area contributed by atoms with E-state index in [4.69, 9.17) is 0 Å². The van der Waals surface area contributed by atoms with Gasteiger partial charge in [-0.25, -0.2) is 0 Å². The van der Waals surface area contributed by atoms with Gasteiger partial charge in [-0.1, -0.05) is 43.3 Å². The Morgan fingerprint density at radius 1 is 1.08 bits per heavy atom. The summed E-state index contributed by atoms with van der Waals surface area (Å²) in [4.78, 5) is 28.4. The summed E-state index contributed by atoms with van der Waals surface area (Å²) in [6.45, 7) is 4.31. The number of rotatable bonds is 4. The highest BCUT2D eigenvalue weighted by Crippen LogP contribution is 2.28. The van der Waals surface area contributed by atoms with Crippen LogP contribution in [0.2, 0.25) is 0 Å². The number of amides is 2. The first kappa shape index (κ1) is 16.2. The van der Waals surface area contributed by atoms with E-state index in [-0.39, 0.29) is 18.4 Å². The molecule has 124 valence electrons. The summed E-state index contributed by atoms with van der Waals surface area (Å²) in [5, 5.41) is 0. The van der Waals surface area contributed by atoms with Gasteiger partial charge in [0.25, 0.3) is 0 Å². The third-order valence-corrected chi connectivity index (χ3v) is 4.53. The van der Waals surface area contributed by atoms with Crippen LogP contribution in [0, 0.1) is 0 Å². The number of carbonyl (C=O) groups is 2. The van der Waals surface area contributed by atoms with Gasteiger partial charge < -0.3 is 9.80 Å². The maximum Gasteiger partial charge on any atom is 0.247 e. The van der Waals surface area contributed by atoms with Gasteiger partial charge in [0.15, 0.2) is 0 Å². The van der Waals surface area contributed by atoms with Gasteiger partial charge in [0, 0.05) is 24.8 Å². The largest absolute Gasteiger partial charge is 0.310 e. The number of para-hydroxylation sites is 2. The molecule has 0 saturated heterocycles. The van der Waals surface area contributed by atoms with E-state index in [1.165, 1.54) is 12.5 Å². The molecule has 0 saturated carbocycles. The number of hydrogen-bond acceptors (Lipinski definition) is 2. The lowest BCUT2D eigenvalue weighted by Crippen LogP contribution is -2.42. The van der Waals surface area contributed by atoms with Crippen LogP contribution in [0.5, 0.6) is 0 Å². The molecule has 0 spiro atoms. The van der Waals surface area contributed by atoms with Crippen LogP contribution in [0.15, 0.2) is 48.5 Å². The fourth-order valence-corrected chi connectivity index (χ4v) is 3.26. The van der Waals surface area contributed by atoms with Crippen LogP contribution < -0.4 is 9.80 Å². The zero-order valence-corrected chi connectivity index (χ0v) is 14.2. The fourth-order valence-electron chi connectivity index (χ4n) is 3.26. The quantitative estimate of drug-likeness (QED) is 0.867. The Balaban J connectivity index is 1.85. The molecule has 2 aromatic carbocycles. The highest BCUT2D eigenvalue weighted by atomic mass is 16.2. The first-order valence-electron chi connectivity index (χ1n) is 8.36. The Hall–Kier alpha value is -2.62. The third-order valence-electron chi connectivity index (χ3n) is 4.53. The Labute approximate surface area is 142 Å². The summed E-state index contributed by atoms with van der Waals surface area (Å²) in [7, 11) is 0. The maximum atomic E-state index is 12.8. The minimum atomic E-state index is -0.114. The Morgan fingerprint density at radius 2 is 1.79 bits per heavy atom. The molecule has 1 aliphatic heterocycles. The number of benzene rings is 2. The van der Waals surface area contributed by atoms with Crippen molar-refractivity contribution in [2.24, 2.45) is 0 Å². The van der Waals surface area contributed by atoms with Gasteiger partial charge in [0.2, 0.25) is 11.8 Å². The molecule has 0 bridgehead atoms. The molecule has 4 heteroatoms. The minimum Gasteiger partial charge on any atom is -0.310 e. The Bertz CT molecular complexity index is 770. The number of anilines is 2. The second-order valence-electron chi connectivity index (χ2n) is 6.01. The molecule has 0 aromatic heterocycles. The van der Waals surface area contributed by atoms with Crippen LogP contribution in [0.25, 0.3) is 0 Å². The minimum absolute atomic E-state index is 0.0407. The molecule has 2 amide bonds. The first-order valence-corrected chi connectivity index (χ1v) is 8.36. The predicted molar refractivity (Wildman–Crippen MR) is 96.3 cm³/mol. The normalized spacial score (nSPS) is 12.8. The summed E-state index contributed by atoms with van der Waals surface area (Å²) >= 11 is 0. The molecular formula is C20H22N2O2. The molecule has 0 aliphatic carbocycles. The number of nitrogens with zero attached hydrogens (tertiary/aromatic N) is 2. The van der Waals surface area contributed by atoms with Gasteiger partial charge in [0.1, 0.15) is 6.54 Å². The highest BCUT2D eigenvalue weighted by molar-refractivity contribution is 6.04. The lowest BCUT2D eigenvalue weighted by molar-refractivity contribution is -0.121. The van der Waals surface area contributed by atoms with Crippen molar-refractivity contribution in [3.63, 3.8) is 0 Å². The second kappa shape index (κ2) is 6.87. The molecule has 0 atom stereocenters. The van der Waals surface area contributed by atoms with Crippen LogP contribution in [-0.2, 0) is 22.4 Å². The molecule has 1 heterocycles. The van der Waals surface area contributed by atoms with E-state index in [0.29, 0.717) is 6.54 Å². The molecule has 0 unspecified atom stereocenters. The van der Waals surface area contributed by atoms with Crippen LogP contribution in [-0.4, -0.2) is 24.9 Å². The monoisotopic (exact) mass is 322 g/mol. The number of aryl methyl sites for hydroxylation is 1. The maximum absolute atomic E-state index is 12.8. The smallest absolute Gasteiger partial charge is 0.247 e. The molecule has 3 rings (SSSR count). The highest BCUT2D eigenvalue weighted by Gasteiger charge is 2.27. The molecule has 4 nitrogen and oxygen atoms in total. The number of hydrogen-bond donors (Lipinski definition) is 0. The average molecular weight is 322 g/mol. The van der Waals surface area contributed by atoms with E-state index in [1.807, 2.05) is 42.5 Å². The van der Waals surface area contributed by atoms with Crippen molar-refractivity contribution in [1.29, 1.82) is 0 Å². The Morgan fingerprint density at radius 3 is 2.54 bits per heavy atom. The first-order chi connectivity index (χ1) is 11.6. The molecule has 0 N–H and O–H groups in total. The fraction of sp³-hybridized carbons (Fsp3) is 0.300. The molecule has 1 aliphatic rings. The van der Waals surface area contributed by atoms with E-state index in [0.717, 1.165) is 29.8 Å². The van der Waals surface area contributed by atoms with E-state index >= 15 is 0 Å². The lowest BCUT2D eigenvalue weighted by Gasteiger charge is -2.26. The van der Waals surface area contributed by atoms with Gasteiger partial charge in [0.05, 0.1) is 0 Å². The van der Waals surface area contributed by atoms with Crippen molar-refractivity contribution in [2.75, 3.05) is 22.9 Å². The molecule has 24 heavy (non-hydrogen) atoms. The van der Waals surface area contributed by atoms with Crippen molar-refractivity contribution in [1.82, 2.24) is 0 Å². The Kier molecular flexibility index (Phi) is 4.65. The zero-order valence-electron chi connectivity index (χ0n) is 14.2. The van der Waals surface area contributed by atoms with E-state index in [2.05, 4.69) is 13.0 Å². The van der Waals surface area contributed by atoms with Gasteiger partial charge in [-0.3, -0.25) is 9.59 Å². The molecule has 2 aromatic rings. The SMILES string of the molecule is CCc1ccccc1N(CC(=O)N1CCc2ccccc21)C(C)=O. The van der Waals surface area contributed by atoms with Crippen molar-refractivity contribution >= 4 is 23.2 Å². The zero-order chi connectivity index (χ0) is 17.1. The van der Waals surface area contributed by atoms with Crippen molar-refractivity contribution in [2.45, 2.75) is 26.7 Å². The third kappa shape index (κ3) is 3.04. The summed E-state index contributed by atoms with van der Waals surface area (Å²) in [6.07, 6.45) is 1.69. The van der Waals surface area contributed by atoms with E-state index in [1.54, 1.807) is 9.80 Å². The lowest BCUT2D eigenvalue weighted by atomic mass is 10.1. The van der Waals surface area contributed by atoms with Crippen molar-refractivity contribution in [3.8, 4) is 0 Å². The number of carbonyl (C=O) groups excluding carboxylic acids is 2.